The summed E-state index contributed by atoms with van der Waals surface area (Å²) in [5, 5.41) is 17.6. The Bertz CT molecular complexity index is 1530. The topological polar surface area (TPSA) is 167 Å². The van der Waals surface area contributed by atoms with Crippen molar-refractivity contribution in [1.82, 2.24) is 25.4 Å². The van der Waals surface area contributed by atoms with Crippen LogP contribution in [0.4, 0.5) is 0 Å². The van der Waals surface area contributed by atoms with Gasteiger partial charge in [0.25, 0.3) is 5.91 Å². The van der Waals surface area contributed by atoms with Gasteiger partial charge in [-0.2, -0.15) is 0 Å². The van der Waals surface area contributed by atoms with Gasteiger partial charge in [0, 0.05) is 37.9 Å². The van der Waals surface area contributed by atoms with Crippen LogP contribution in [0.3, 0.4) is 0 Å². The highest BCUT2D eigenvalue weighted by molar-refractivity contribution is 7.09. The highest BCUT2D eigenvalue weighted by atomic mass is 32.1. The van der Waals surface area contributed by atoms with Gasteiger partial charge in [0.2, 0.25) is 11.8 Å². The van der Waals surface area contributed by atoms with Crippen molar-refractivity contribution in [3.05, 3.63) is 45.9 Å². The Morgan fingerprint density at radius 2 is 1.74 bits per heavy atom. The largest absolute Gasteiger partial charge is 0.497 e. The molecule has 0 aliphatic carbocycles. The molecular weight excluding hydrogens is 699 g/mol. The number of nitrogens with one attached hydrogen (secondary N) is 2. The quantitative estimate of drug-likeness (QED) is 0.164. The number of rotatable bonds is 19. The van der Waals surface area contributed by atoms with Gasteiger partial charge >= 0.3 is 11.9 Å². The predicted octanol–water partition coefficient (Wildman–Crippen LogP) is 5.10. The second kappa shape index (κ2) is 20.4. The summed E-state index contributed by atoms with van der Waals surface area (Å²) < 4.78 is 11.0. The van der Waals surface area contributed by atoms with Crippen molar-refractivity contribution in [2.24, 2.45) is 17.8 Å². The lowest BCUT2D eigenvalue weighted by Gasteiger charge is -2.38. The van der Waals surface area contributed by atoms with E-state index in [0.29, 0.717) is 23.6 Å². The lowest BCUT2D eigenvalue weighted by atomic mass is 9.92. The van der Waals surface area contributed by atoms with E-state index in [-0.39, 0.29) is 48.2 Å². The van der Waals surface area contributed by atoms with E-state index >= 15 is 0 Å². The van der Waals surface area contributed by atoms with E-state index in [1.165, 1.54) is 18.3 Å². The highest BCUT2D eigenvalue weighted by Crippen LogP contribution is 2.31. The molecule has 1 aromatic carbocycles. The first-order chi connectivity index (χ1) is 25.1. The van der Waals surface area contributed by atoms with Crippen LogP contribution in [0.2, 0.25) is 0 Å². The maximum absolute atomic E-state index is 14.2. The normalized spacial score (nSPS) is 18.2. The van der Waals surface area contributed by atoms with E-state index in [1.807, 2.05) is 63.9 Å². The molecular formula is C39H59N5O8S. The van der Waals surface area contributed by atoms with Crippen LogP contribution in [0.15, 0.2) is 29.6 Å². The number of hydrogen-bond acceptors (Lipinski definition) is 10. The standard InChI is InChI=1S/C39H59N5O8S/c1-10-24(4)34(42-36(47)31-13-11-12-18-43(31)7)38(48)44(8)32(23(2)3)21-33(52-26(6)45)37-41-30(22-53-37)35(46)40-28(19-25(5)39(49)50)20-27-14-16-29(51-9)17-15-27/h14-17,22-25,28,31-34H,10-13,18-21H2,1-9H3,(H,40,46)(H,42,47)(H,49,50)/t24-,25-,28+,31?,32+,33+,34?/m0/s1. The SMILES string of the molecule is CC[C@H](C)C(NC(=O)C1CCCCN1C)C(=O)N(C)[C@H](C[C@@H](OC(C)=O)c1nc(C(=O)N[C@@H](Cc2ccc(OC)cc2)C[C@H](C)C(=O)O)cs1)C(C)C. The maximum Gasteiger partial charge on any atom is 0.306 e. The number of carbonyl (C=O) groups is 5. The third-order valence-corrected chi connectivity index (χ3v) is 11.2. The smallest absolute Gasteiger partial charge is 0.306 e. The Kier molecular flexibility index (Phi) is 16.7. The van der Waals surface area contributed by atoms with Crippen molar-refractivity contribution < 1.29 is 38.6 Å². The van der Waals surface area contributed by atoms with E-state index in [1.54, 1.807) is 31.4 Å². The Morgan fingerprint density at radius 1 is 1.06 bits per heavy atom. The van der Waals surface area contributed by atoms with E-state index in [0.717, 1.165) is 31.4 Å². The molecule has 1 fully saturated rings. The number of likely N-dealkylation sites (N-methyl/N-ethyl adjacent to an activating group) is 2. The molecule has 2 aromatic rings. The fourth-order valence-corrected chi connectivity index (χ4v) is 7.62. The molecule has 2 unspecified atom stereocenters. The van der Waals surface area contributed by atoms with Crippen molar-refractivity contribution >= 4 is 41.0 Å². The number of hydrogen-bond donors (Lipinski definition) is 3. The number of carboxylic acids is 1. The molecule has 0 saturated carbocycles. The summed E-state index contributed by atoms with van der Waals surface area (Å²) in [7, 11) is 5.23. The fraction of sp³-hybridized carbons (Fsp3) is 0.641. The summed E-state index contributed by atoms with van der Waals surface area (Å²) in [6.07, 6.45) is 3.40. The number of thiazole rings is 1. The predicted molar refractivity (Wildman–Crippen MR) is 204 cm³/mol. The zero-order valence-corrected chi connectivity index (χ0v) is 33.5. The first-order valence-corrected chi connectivity index (χ1v) is 19.5. The number of benzene rings is 1. The molecule has 14 heteroatoms. The molecule has 1 saturated heterocycles. The number of esters is 1. The van der Waals surface area contributed by atoms with Gasteiger partial charge in [-0.1, -0.05) is 59.6 Å². The zero-order chi connectivity index (χ0) is 39.4. The summed E-state index contributed by atoms with van der Waals surface area (Å²) in [5.41, 5.74) is 1.01. The molecule has 0 spiro atoms. The number of methoxy groups -OCH3 is 1. The Balaban J connectivity index is 1.81. The lowest BCUT2D eigenvalue weighted by molar-refractivity contribution is -0.149. The van der Waals surface area contributed by atoms with Gasteiger partial charge in [-0.3, -0.25) is 28.9 Å². The number of ether oxygens (including phenoxy) is 2. The summed E-state index contributed by atoms with van der Waals surface area (Å²) >= 11 is 1.17. The van der Waals surface area contributed by atoms with Crippen LogP contribution in [0, 0.1) is 17.8 Å². The number of carbonyl (C=O) groups excluding carboxylic acids is 4. The number of aliphatic carboxylic acids is 1. The van der Waals surface area contributed by atoms with Gasteiger partial charge < -0.3 is 30.1 Å². The number of piperidine rings is 1. The highest BCUT2D eigenvalue weighted by Gasteiger charge is 2.37. The third kappa shape index (κ3) is 12.5. The van der Waals surface area contributed by atoms with Crippen LogP contribution in [-0.4, -0.2) is 101 Å². The molecule has 1 aromatic heterocycles. The molecule has 13 nitrogen and oxygen atoms in total. The minimum absolute atomic E-state index is 0.0579. The molecule has 2 heterocycles. The van der Waals surface area contributed by atoms with Crippen molar-refractivity contribution in [3.8, 4) is 5.75 Å². The van der Waals surface area contributed by atoms with E-state index in [4.69, 9.17) is 9.47 Å². The number of nitrogens with zero attached hydrogens (tertiary/aromatic N) is 3. The first kappa shape index (κ1) is 43.4. The molecule has 0 bridgehead atoms. The number of carboxylic acid groups (broad SMARTS) is 1. The average molecular weight is 758 g/mol. The van der Waals surface area contributed by atoms with E-state index < -0.39 is 48.0 Å². The molecule has 3 N–H and O–H groups in total. The summed E-state index contributed by atoms with van der Waals surface area (Å²) in [6.45, 7) is 11.6. The molecule has 294 valence electrons. The summed E-state index contributed by atoms with van der Waals surface area (Å²) in [6, 6.07) is 5.44. The van der Waals surface area contributed by atoms with Gasteiger partial charge in [-0.05, 0) is 68.8 Å². The minimum Gasteiger partial charge on any atom is -0.497 e. The molecule has 53 heavy (non-hydrogen) atoms. The number of likely N-dealkylation sites (tertiary alicyclic amines) is 1. The van der Waals surface area contributed by atoms with Crippen LogP contribution >= 0.6 is 11.3 Å². The van der Waals surface area contributed by atoms with Crippen LogP contribution < -0.4 is 15.4 Å². The van der Waals surface area contributed by atoms with Crippen molar-refractivity contribution in [2.75, 3.05) is 27.7 Å². The molecule has 3 amide bonds. The average Bonchev–Trinajstić information content (AvgIpc) is 3.62. The lowest BCUT2D eigenvalue weighted by Crippen LogP contribution is -2.58. The third-order valence-electron chi connectivity index (χ3n) is 10.3. The molecule has 3 rings (SSSR count). The van der Waals surface area contributed by atoms with Gasteiger partial charge in [0.15, 0.2) is 6.10 Å². The first-order valence-electron chi connectivity index (χ1n) is 18.6. The monoisotopic (exact) mass is 757 g/mol. The zero-order valence-electron chi connectivity index (χ0n) is 32.7. The van der Waals surface area contributed by atoms with Gasteiger partial charge in [0.05, 0.1) is 19.1 Å². The summed E-state index contributed by atoms with van der Waals surface area (Å²) in [4.78, 5) is 73.5. The van der Waals surface area contributed by atoms with Crippen molar-refractivity contribution in [3.63, 3.8) is 0 Å². The van der Waals surface area contributed by atoms with E-state index in [9.17, 15) is 29.1 Å². The molecule has 0 radical (unpaired) electrons. The Hall–Kier alpha value is -4.04. The van der Waals surface area contributed by atoms with Crippen LogP contribution in [0.25, 0.3) is 0 Å². The Labute approximate surface area is 318 Å². The van der Waals surface area contributed by atoms with Gasteiger partial charge in [0.1, 0.15) is 22.5 Å². The van der Waals surface area contributed by atoms with E-state index in [2.05, 4.69) is 15.6 Å². The van der Waals surface area contributed by atoms with Crippen LogP contribution in [0.5, 0.6) is 5.75 Å². The second-order valence-electron chi connectivity index (χ2n) is 14.7. The van der Waals surface area contributed by atoms with Crippen molar-refractivity contribution in [2.45, 2.75) is 117 Å². The number of aromatic nitrogens is 1. The maximum atomic E-state index is 14.2. The van der Waals surface area contributed by atoms with Crippen LogP contribution in [0.1, 0.15) is 107 Å². The van der Waals surface area contributed by atoms with Crippen LogP contribution in [-0.2, 0) is 30.3 Å². The molecule has 1 aliphatic rings. The second-order valence-corrected chi connectivity index (χ2v) is 15.6. The minimum atomic E-state index is -0.961. The Morgan fingerprint density at radius 3 is 2.30 bits per heavy atom. The molecule has 1 aliphatic heterocycles. The van der Waals surface area contributed by atoms with Crippen molar-refractivity contribution in [1.29, 1.82) is 0 Å². The van der Waals surface area contributed by atoms with Gasteiger partial charge in [-0.25, -0.2) is 4.98 Å². The number of amides is 3. The fourth-order valence-electron chi connectivity index (χ4n) is 6.78. The summed E-state index contributed by atoms with van der Waals surface area (Å²) in [5.74, 6) is -2.52. The molecule has 7 atom stereocenters. The van der Waals surface area contributed by atoms with Gasteiger partial charge in [-0.15, -0.1) is 11.3 Å².